The number of nitrogens with zero attached hydrogens (tertiary/aromatic N) is 1. The Morgan fingerprint density at radius 1 is 1.38 bits per heavy atom. The van der Waals surface area contributed by atoms with Crippen molar-refractivity contribution < 1.29 is 9.47 Å². The van der Waals surface area contributed by atoms with E-state index in [1.54, 1.807) is 0 Å². The molecular formula is C16H25ClN2O2. The molecule has 0 aliphatic carbocycles. The highest BCUT2D eigenvalue weighted by Gasteiger charge is 2.15. The maximum atomic E-state index is 6.19. The van der Waals surface area contributed by atoms with Crippen molar-refractivity contribution >= 4 is 11.6 Å². The summed E-state index contributed by atoms with van der Waals surface area (Å²) >= 11 is 6.19. The van der Waals surface area contributed by atoms with Gasteiger partial charge in [0.25, 0.3) is 0 Å². The van der Waals surface area contributed by atoms with Crippen molar-refractivity contribution in [3.63, 3.8) is 0 Å². The van der Waals surface area contributed by atoms with Crippen molar-refractivity contribution in [3.8, 4) is 5.88 Å². The summed E-state index contributed by atoms with van der Waals surface area (Å²) in [7, 11) is 0. The van der Waals surface area contributed by atoms with Gasteiger partial charge in [-0.15, -0.1) is 0 Å². The molecule has 1 fully saturated rings. The number of nitrogens with one attached hydrogen (secondary N) is 1. The van der Waals surface area contributed by atoms with E-state index in [0.29, 0.717) is 35.9 Å². The van der Waals surface area contributed by atoms with Gasteiger partial charge >= 0.3 is 0 Å². The summed E-state index contributed by atoms with van der Waals surface area (Å²) in [6, 6.07) is 3.70. The predicted octanol–water partition coefficient (Wildman–Crippen LogP) is 3.29. The lowest BCUT2D eigenvalue weighted by Gasteiger charge is -2.21. The Labute approximate surface area is 132 Å². The molecule has 2 rings (SSSR count). The number of hydrogen-bond donors (Lipinski definition) is 1. The monoisotopic (exact) mass is 312 g/mol. The summed E-state index contributed by atoms with van der Waals surface area (Å²) in [4.78, 5) is 4.51. The number of ether oxygens (including phenoxy) is 2. The van der Waals surface area contributed by atoms with Crippen LogP contribution >= 0.6 is 11.6 Å². The lowest BCUT2D eigenvalue weighted by molar-refractivity contribution is 0.0490. The van der Waals surface area contributed by atoms with Crippen LogP contribution in [0.15, 0.2) is 12.1 Å². The van der Waals surface area contributed by atoms with Crippen LogP contribution in [0.4, 0.5) is 0 Å². The zero-order valence-corrected chi connectivity index (χ0v) is 13.7. The normalized spacial score (nSPS) is 16.4. The molecular weight excluding hydrogens is 288 g/mol. The number of halogens is 1. The first-order chi connectivity index (χ1) is 10.1. The highest BCUT2D eigenvalue weighted by Crippen LogP contribution is 2.20. The van der Waals surface area contributed by atoms with Crippen LogP contribution in [0.1, 0.15) is 32.4 Å². The minimum atomic E-state index is 0.568. The van der Waals surface area contributed by atoms with Crippen LogP contribution in [0, 0.1) is 11.8 Å². The lowest BCUT2D eigenvalue weighted by Crippen LogP contribution is -2.22. The SMILES string of the molecule is CC(C)CNCc1nc(OCC2CCOCC2)ccc1Cl. The molecule has 0 aromatic carbocycles. The van der Waals surface area contributed by atoms with E-state index in [1.807, 2.05) is 12.1 Å². The van der Waals surface area contributed by atoms with Gasteiger partial charge in [-0.2, -0.15) is 0 Å². The van der Waals surface area contributed by atoms with Gasteiger partial charge in [-0.3, -0.25) is 0 Å². The second kappa shape index (κ2) is 8.57. The minimum Gasteiger partial charge on any atom is -0.477 e. The van der Waals surface area contributed by atoms with Crippen LogP contribution in [0.2, 0.25) is 5.02 Å². The molecule has 0 unspecified atom stereocenters. The third kappa shape index (κ3) is 5.81. The first-order valence-corrected chi connectivity index (χ1v) is 8.09. The van der Waals surface area contributed by atoms with Crippen molar-refractivity contribution in [1.82, 2.24) is 10.3 Å². The van der Waals surface area contributed by atoms with Crippen LogP contribution < -0.4 is 10.1 Å². The number of aromatic nitrogens is 1. The van der Waals surface area contributed by atoms with Gasteiger partial charge in [0.1, 0.15) is 0 Å². The molecule has 1 N–H and O–H groups in total. The average molecular weight is 313 g/mol. The highest BCUT2D eigenvalue weighted by molar-refractivity contribution is 6.31. The largest absolute Gasteiger partial charge is 0.477 e. The fourth-order valence-electron chi connectivity index (χ4n) is 2.26. The molecule has 1 aromatic heterocycles. The van der Waals surface area contributed by atoms with Crippen molar-refractivity contribution in [3.05, 3.63) is 22.8 Å². The Kier molecular flexibility index (Phi) is 6.74. The van der Waals surface area contributed by atoms with Gasteiger partial charge in [0.2, 0.25) is 5.88 Å². The third-order valence-corrected chi connectivity index (χ3v) is 3.89. The van der Waals surface area contributed by atoms with Gasteiger partial charge in [0, 0.05) is 25.8 Å². The predicted molar refractivity (Wildman–Crippen MR) is 84.8 cm³/mol. The molecule has 118 valence electrons. The Morgan fingerprint density at radius 3 is 2.86 bits per heavy atom. The average Bonchev–Trinajstić information content (AvgIpc) is 2.48. The van der Waals surface area contributed by atoms with E-state index in [0.717, 1.165) is 38.3 Å². The summed E-state index contributed by atoms with van der Waals surface area (Å²) < 4.78 is 11.2. The van der Waals surface area contributed by atoms with Gasteiger partial charge in [0.15, 0.2) is 0 Å². The van der Waals surface area contributed by atoms with E-state index in [-0.39, 0.29) is 0 Å². The minimum absolute atomic E-state index is 0.568. The highest BCUT2D eigenvalue weighted by atomic mass is 35.5. The topological polar surface area (TPSA) is 43.4 Å². The second-order valence-corrected chi connectivity index (χ2v) is 6.38. The Morgan fingerprint density at radius 2 is 2.14 bits per heavy atom. The van der Waals surface area contributed by atoms with Crippen LogP contribution in [-0.2, 0) is 11.3 Å². The van der Waals surface area contributed by atoms with Crippen LogP contribution in [0.3, 0.4) is 0 Å². The Hall–Kier alpha value is -0.840. The van der Waals surface area contributed by atoms with E-state index >= 15 is 0 Å². The molecule has 21 heavy (non-hydrogen) atoms. The number of pyridine rings is 1. The molecule has 0 spiro atoms. The lowest BCUT2D eigenvalue weighted by atomic mass is 10.0. The maximum absolute atomic E-state index is 6.19. The quantitative estimate of drug-likeness (QED) is 0.839. The molecule has 0 saturated carbocycles. The maximum Gasteiger partial charge on any atom is 0.213 e. The van der Waals surface area contributed by atoms with E-state index < -0.39 is 0 Å². The number of hydrogen-bond acceptors (Lipinski definition) is 4. The molecule has 1 aromatic rings. The summed E-state index contributed by atoms with van der Waals surface area (Å²) in [5, 5.41) is 4.04. The van der Waals surface area contributed by atoms with Crippen molar-refractivity contribution in [1.29, 1.82) is 0 Å². The zero-order valence-electron chi connectivity index (χ0n) is 12.9. The van der Waals surface area contributed by atoms with Crippen LogP contribution in [-0.4, -0.2) is 31.3 Å². The Balaban J connectivity index is 1.84. The van der Waals surface area contributed by atoms with Crippen LogP contribution in [0.25, 0.3) is 0 Å². The van der Waals surface area contributed by atoms with Gasteiger partial charge in [-0.05, 0) is 37.3 Å². The van der Waals surface area contributed by atoms with Gasteiger partial charge in [-0.1, -0.05) is 25.4 Å². The molecule has 0 atom stereocenters. The molecule has 1 aliphatic rings. The molecule has 5 heteroatoms. The zero-order chi connectivity index (χ0) is 15.1. The fraction of sp³-hybridized carbons (Fsp3) is 0.688. The first-order valence-electron chi connectivity index (χ1n) is 7.72. The molecule has 2 heterocycles. The summed E-state index contributed by atoms with van der Waals surface area (Å²) in [6.45, 7) is 8.36. The van der Waals surface area contributed by atoms with Crippen molar-refractivity contribution in [2.45, 2.75) is 33.2 Å². The summed E-state index contributed by atoms with van der Waals surface area (Å²) in [6.07, 6.45) is 2.13. The van der Waals surface area contributed by atoms with Gasteiger partial charge in [0.05, 0.1) is 17.3 Å². The second-order valence-electron chi connectivity index (χ2n) is 5.97. The molecule has 0 radical (unpaired) electrons. The van der Waals surface area contributed by atoms with Gasteiger partial charge in [-0.25, -0.2) is 4.98 Å². The molecule has 4 nitrogen and oxygen atoms in total. The van der Waals surface area contributed by atoms with Crippen molar-refractivity contribution in [2.75, 3.05) is 26.4 Å². The third-order valence-electron chi connectivity index (χ3n) is 3.55. The molecule has 0 bridgehead atoms. The van der Waals surface area contributed by atoms with E-state index in [2.05, 4.69) is 24.1 Å². The smallest absolute Gasteiger partial charge is 0.213 e. The summed E-state index contributed by atoms with van der Waals surface area (Å²) in [5.41, 5.74) is 0.849. The first kappa shape index (κ1) is 16.5. The standard InChI is InChI=1S/C16H25ClN2O2/c1-12(2)9-18-10-15-14(17)3-4-16(19-15)21-11-13-5-7-20-8-6-13/h3-4,12-13,18H,5-11H2,1-2H3. The van der Waals surface area contributed by atoms with Crippen molar-refractivity contribution in [2.24, 2.45) is 11.8 Å². The summed E-state index contributed by atoms with van der Waals surface area (Å²) in [5.74, 6) is 1.84. The molecule has 1 saturated heterocycles. The molecule has 0 amide bonds. The molecule has 1 aliphatic heterocycles. The van der Waals surface area contributed by atoms with Crippen LogP contribution in [0.5, 0.6) is 5.88 Å². The van der Waals surface area contributed by atoms with Gasteiger partial charge < -0.3 is 14.8 Å². The van der Waals surface area contributed by atoms with E-state index in [4.69, 9.17) is 21.1 Å². The number of rotatable bonds is 7. The Bertz CT molecular complexity index is 434. The fourth-order valence-corrected chi connectivity index (χ4v) is 2.44. The van der Waals surface area contributed by atoms with E-state index in [1.165, 1.54) is 0 Å². The van der Waals surface area contributed by atoms with E-state index in [9.17, 15) is 0 Å².